The summed E-state index contributed by atoms with van der Waals surface area (Å²) >= 11 is 0. The molecule has 16 heteroatoms. The van der Waals surface area contributed by atoms with E-state index in [4.69, 9.17) is 15.6 Å². The first-order valence-corrected chi connectivity index (χ1v) is 20.4. The van der Waals surface area contributed by atoms with Crippen molar-refractivity contribution in [2.24, 2.45) is 0 Å². The molecule has 7 heterocycles. The van der Waals surface area contributed by atoms with Crippen LogP contribution in [-0.4, -0.2) is 128 Å². The molecule has 0 radical (unpaired) electrons. The van der Waals surface area contributed by atoms with Crippen LogP contribution in [0, 0.1) is 0 Å². The zero-order valence-corrected chi connectivity index (χ0v) is 32.6. The number of aromatic nitrogens is 4. The number of fused-ring (bicyclic) bond motifs is 2. The summed E-state index contributed by atoms with van der Waals surface area (Å²) in [6, 6.07) is 23.2. The lowest BCUT2D eigenvalue weighted by Gasteiger charge is -2.49. The second-order valence-corrected chi connectivity index (χ2v) is 16.0. The van der Waals surface area contributed by atoms with Gasteiger partial charge in [-0.1, -0.05) is 18.2 Å². The van der Waals surface area contributed by atoms with Crippen molar-refractivity contribution < 1.29 is 23.9 Å². The molecule has 4 fully saturated rings. The van der Waals surface area contributed by atoms with E-state index >= 15 is 0 Å². The van der Waals surface area contributed by atoms with Crippen LogP contribution in [0.4, 0.5) is 16.3 Å². The number of hydrogen-bond donors (Lipinski definition) is 2. The highest BCUT2D eigenvalue weighted by Gasteiger charge is 2.41. The van der Waals surface area contributed by atoms with Crippen LogP contribution in [0.1, 0.15) is 47.6 Å². The van der Waals surface area contributed by atoms with Crippen LogP contribution < -0.4 is 20.7 Å². The number of nitrogen functional groups attached to an aromatic ring is 1. The third kappa shape index (κ3) is 6.86. The van der Waals surface area contributed by atoms with Gasteiger partial charge in [0.25, 0.3) is 5.91 Å². The summed E-state index contributed by atoms with van der Waals surface area (Å²) in [7, 11) is 0. The topological polar surface area (TPSA) is 175 Å². The lowest BCUT2D eigenvalue weighted by molar-refractivity contribution is -0.136. The van der Waals surface area contributed by atoms with Crippen LogP contribution in [0.2, 0.25) is 0 Å². The molecule has 1 atom stereocenters. The Labute approximate surface area is 340 Å². The van der Waals surface area contributed by atoms with E-state index in [0.717, 1.165) is 78.4 Å². The lowest BCUT2D eigenvalue weighted by Crippen LogP contribution is -2.66. The molecular weight excluding hydrogens is 751 g/mol. The summed E-state index contributed by atoms with van der Waals surface area (Å²) in [4.78, 5) is 70.1. The zero-order chi connectivity index (χ0) is 40.2. The minimum Gasteiger partial charge on any atom is -0.457 e. The van der Waals surface area contributed by atoms with Crippen molar-refractivity contribution in [2.45, 2.75) is 50.4 Å². The first-order chi connectivity index (χ1) is 28.8. The van der Waals surface area contributed by atoms with Crippen LogP contribution in [0.25, 0.3) is 22.3 Å². The van der Waals surface area contributed by atoms with Crippen molar-refractivity contribution in [3.63, 3.8) is 0 Å². The third-order valence-corrected chi connectivity index (χ3v) is 12.5. The van der Waals surface area contributed by atoms with Gasteiger partial charge in [0.05, 0.1) is 11.4 Å². The number of para-hydroxylation sites is 1. The number of urea groups is 1. The molecule has 302 valence electrons. The number of ether oxygens (including phenoxy) is 1. The first-order valence-electron chi connectivity index (χ1n) is 20.4. The number of nitrogens with one attached hydrogen (secondary N) is 1. The summed E-state index contributed by atoms with van der Waals surface area (Å²) in [5.41, 5.74) is 11.3. The molecule has 0 spiro atoms. The minimum absolute atomic E-state index is 0.0566. The number of hydrogen-bond acceptors (Lipinski definition) is 11. The van der Waals surface area contributed by atoms with Crippen molar-refractivity contribution in [2.75, 3.05) is 63.0 Å². The zero-order valence-electron chi connectivity index (χ0n) is 32.6. The van der Waals surface area contributed by atoms with Crippen LogP contribution in [0.5, 0.6) is 11.5 Å². The Balaban J connectivity index is 0.717. The van der Waals surface area contributed by atoms with Gasteiger partial charge >= 0.3 is 6.03 Å². The maximum absolute atomic E-state index is 13.6. The maximum atomic E-state index is 13.6. The summed E-state index contributed by atoms with van der Waals surface area (Å²) < 4.78 is 7.96. The van der Waals surface area contributed by atoms with Gasteiger partial charge in [0.2, 0.25) is 11.8 Å². The fourth-order valence-corrected chi connectivity index (χ4v) is 9.20. The standard InChI is InChI=1S/C43H45N11O5/c44-39-37-38(27-6-9-33(10-7-27)59-32-4-2-1-3-5-32)48-54(40(37)46-26-45-39)29-14-16-51(17-15-29)43(58)52-24-31(25-52)50-20-18-49(19-21-50)30-8-11-34-28(22-30)23-53(42(34)57)35-12-13-36(55)47-41(35)56/h1-11,22,26,29,31,35H,12-21,23-25H2,(H2,44,45,46)(H,47,55,56). The highest BCUT2D eigenvalue weighted by Crippen LogP contribution is 2.36. The average Bonchev–Trinajstić information content (AvgIpc) is 3.79. The van der Waals surface area contributed by atoms with E-state index in [0.29, 0.717) is 62.2 Å². The number of nitrogens with zero attached hydrogens (tertiary/aromatic N) is 9. The molecule has 2 aromatic heterocycles. The summed E-state index contributed by atoms with van der Waals surface area (Å²) in [6.45, 7) is 6.51. The SMILES string of the molecule is Nc1ncnc2c1c(-c1ccc(Oc3ccccc3)cc1)nn2C1CCN(C(=O)N2CC(N3CCN(c4ccc5c(c4)CN(C4CCC(=O)NC4=O)C5=O)CC3)C2)CC1. The van der Waals surface area contributed by atoms with Crippen molar-refractivity contribution in [1.29, 1.82) is 0 Å². The van der Waals surface area contributed by atoms with Gasteiger partial charge in [-0.3, -0.25) is 24.6 Å². The molecule has 0 bridgehead atoms. The van der Waals surface area contributed by atoms with Gasteiger partial charge in [0.15, 0.2) is 5.65 Å². The van der Waals surface area contributed by atoms with E-state index in [1.807, 2.05) is 81.2 Å². The average molecular weight is 796 g/mol. The third-order valence-electron chi connectivity index (χ3n) is 12.5. The molecule has 5 aromatic rings. The number of carbonyl (C=O) groups excluding carboxylic acids is 4. The van der Waals surface area contributed by atoms with Gasteiger partial charge in [-0.25, -0.2) is 19.4 Å². The first kappa shape index (κ1) is 36.8. The van der Waals surface area contributed by atoms with Gasteiger partial charge in [0, 0.05) is 88.2 Å². The monoisotopic (exact) mass is 795 g/mol. The Hall–Kier alpha value is -6.55. The fraction of sp³-hybridized carbons (Fsp3) is 0.372. The number of piperazine rings is 1. The molecule has 59 heavy (non-hydrogen) atoms. The van der Waals surface area contributed by atoms with Gasteiger partial charge in [-0.2, -0.15) is 5.10 Å². The summed E-state index contributed by atoms with van der Waals surface area (Å²) in [5.74, 6) is 1.01. The van der Waals surface area contributed by atoms with Crippen molar-refractivity contribution in [1.82, 2.24) is 44.7 Å². The maximum Gasteiger partial charge on any atom is 0.320 e. The molecule has 5 amide bonds. The van der Waals surface area contributed by atoms with E-state index < -0.39 is 11.9 Å². The fourth-order valence-electron chi connectivity index (χ4n) is 9.20. The number of likely N-dealkylation sites (tertiary alicyclic amines) is 2. The van der Waals surface area contributed by atoms with Crippen molar-refractivity contribution in [3.05, 3.63) is 90.3 Å². The molecule has 3 aromatic carbocycles. The predicted octanol–water partition coefficient (Wildman–Crippen LogP) is 3.89. The molecule has 16 nitrogen and oxygen atoms in total. The molecule has 5 aliphatic heterocycles. The number of amides is 5. The highest BCUT2D eigenvalue weighted by atomic mass is 16.5. The number of carbonyl (C=O) groups is 4. The lowest BCUT2D eigenvalue weighted by atomic mass is 10.0. The quantitative estimate of drug-likeness (QED) is 0.229. The number of imide groups is 1. The molecule has 10 rings (SSSR count). The molecule has 3 N–H and O–H groups in total. The van der Waals surface area contributed by atoms with E-state index in [-0.39, 0.29) is 30.3 Å². The van der Waals surface area contributed by atoms with Crippen LogP contribution in [-0.2, 0) is 16.1 Å². The van der Waals surface area contributed by atoms with Crippen LogP contribution >= 0.6 is 0 Å². The molecule has 0 aliphatic carbocycles. The molecule has 4 saturated heterocycles. The van der Waals surface area contributed by atoms with E-state index in [2.05, 4.69) is 31.2 Å². The Morgan fingerprint density at radius 1 is 0.797 bits per heavy atom. The Morgan fingerprint density at radius 2 is 1.54 bits per heavy atom. The molecule has 5 aliphatic rings. The largest absolute Gasteiger partial charge is 0.457 e. The van der Waals surface area contributed by atoms with Crippen LogP contribution in [0.3, 0.4) is 0 Å². The summed E-state index contributed by atoms with van der Waals surface area (Å²) in [5, 5.41) is 8.14. The van der Waals surface area contributed by atoms with Crippen molar-refractivity contribution >= 4 is 46.3 Å². The van der Waals surface area contributed by atoms with E-state index in [1.165, 1.54) is 6.33 Å². The second kappa shape index (κ2) is 15.0. The number of anilines is 2. The van der Waals surface area contributed by atoms with Gasteiger partial charge < -0.3 is 30.1 Å². The van der Waals surface area contributed by atoms with Crippen LogP contribution in [0.15, 0.2) is 79.1 Å². The second-order valence-electron chi connectivity index (χ2n) is 16.0. The molecular formula is C43H45N11O5. The number of rotatable bonds is 7. The number of piperidine rings is 2. The smallest absolute Gasteiger partial charge is 0.320 e. The van der Waals surface area contributed by atoms with E-state index in [9.17, 15) is 19.2 Å². The minimum atomic E-state index is -0.620. The highest BCUT2D eigenvalue weighted by molar-refractivity contribution is 6.05. The number of nitrogens with two attached hydrogens (primary N) is 1. The normalized spacial score (nSPS) is 20.5. The Bertz CT molecular complexity index is 2440. The molecule has 1 unspecified atom stereocenters. The van der Waals surface area contributed by atoms with Gasteiger partial charge in [-0.05, 0) is 79.4 Å². The van der Waals surface area contributed by atoms with Gasteiger partial charge in [0.1, 0.15) is 35.4 Å². The van der Waals surface area contributed by atoms with Gasteiger partial charge in [-0.15, -0.1) is 0 Å². The van der Waals surface area contributed by atoms with E-state index in [1.54, 1.807) is 4.90 Å². The molecule has 0 saturated carbocycles. The van der Waals surface area contributed by atoms with Crippen molar-refractivity contribution in [3.8, 4) is 22.8 Å². The predicted molar refractivity (Wildman–Crippen MR) is 219 cm³/mol. The Kier molecular flexibility index (Phi) is 9.34. The summed E-state index contributed by atoms with van der Waals surface area (Å²) in [6.07, 6.45) is 3.57. The number of benzene rings is 3. The Morgan fingerprint density at radius 3 is 2.29 bits per heavy atom.